The van der Waals surface area contributed by atoms with Crippen LogP contribution in [0.15, 0.2) is 122 Å². The molecular weight excluding hydrogens is 394 g/mol. The molecule has 3 heteroatoms. The smallest absolute Gasteiger partial charge is 0.335 e. The van der Waals surface area contributed by atoms with Crippen LogP contribution in [0.25, 0.3) is 0 Å². The van der Waals surface area contributed by atoms with Crippen LogP contribution in [-0.4, -0.2) is 5.97 Å². The van der Waals surface area contributed by atoms with E-state index < -0.39 is 5.97 Å². The van der Waals surface area contributed by atoms with Gasteiger partial charge in [0.25, 0.3) is 0 Å². The molecule has 0 bridgehead atoms. The summed E-state index contributed by atoms with van der Waals surface area (Å²) in [6.07, 6.45) is 3.01. The number of carbonyl (C=O) groups excluding carboxylic acids is 1. The Morgan fingerprint density at radius 2 is 1.09 bits per heavy atom. The minimum Gasteiger partial charge on any atom is -0.423 e. The van der Waals surface area contributed by atoms with Gasteiger partial charge in [0.15, 0.2) is 0 Å². The molecule has 0 fully saturated rings. The van der Waals surface area contributed by atoms with Crippen LogP contribution in [-0.2, 0) is 17.6 Å². The standard InChI is InChI=1S/C29H25NO2/c1-2-29(31)32-28-21-17-24(18-22-28)14-13-23-15-19-27(20-16-23)30(25-9-5-3-6-10-25)26-11-7-4-8-12-26/h2-12,15-22H,1,13-14H2. The monoisotopic (exact) mass is 419 g/mol. The molecule has 0 saturated carbocycles. The molecule has 0 heterocycles. The molecule has 4 rings (SSSR count). The van der Waals surface area contributed by atoms with Gasteiger partial charge in [-0.25, -0.2) is 4.79 Å². The van der Waals surface area contributed by atoms with Crippen LogP contribution in [0, 0.1) is 0 Å². The Kier molecular flexibility index (Phi) is 6.78. The maximum Gasteiger partial charge on any atom is 0.335 e. The number of hydrogen-bond acceptors (Lipinski definition) is 3. The SMILES string of the molecule is C=CC(=O)Oc1ccc(CCc2ccc(N(c3ccccc3)c3ccccc3)cc2)cc1. The van der Waals surface area contributed by atoms with E-state index in [-0.39, 0.29) is 0 Å². The summed E-state index contributed by atoms with van der Waals surface area (Å²) in [5.41, 5.74) is 5.85. The van der Waals surface area contributed by atoms with Gasteiger partial charge in [-0.2, -0.15) is 0 Å². The van der Waals surface area contributed by atoms with E-state index in [9.17, 15) is 4.79 Å². The van der Waals surface area contributed by atoms with Crippen molar-refractivity contribution >= 4 is 23.0 Å². The molecule has 158 valence electrons. The molecule has 4 aromatic rings. The topological polar surface area (TPSA) is 29.5 Å². The van der Waals surface area contributed by atoms with E-state index in [4.69, 9.17) is 4.74 Å². The first-order valence-electron chi connectivity index (χ1n) is 10.7. The van der Waals surface area contributed by atoms with Crippen molar-refractivity contribution in [2.75, 3.05) is 4.90 Å². The molecule has 0 radical (unpaired) electrons. The summed E-state index contributed by atoms with van der Waals surface area (Å²) in [6.45, 7) is 3.41. The molecule has 0 atom stereocenters. The summed E-state index contributed by atoms with van der Waals surface area (Å²) in [4.78, 5) is 13.5. The molecule has 0 spiro atoms. The van der Waals surface area contributed by atoms with Crippen molar-refractivity contribution in [3.8, 4) is 5.75 Å². The Morgan fingerprint density at radius 1 is 0.656 bits per heavy atom. The fourth-order valence-corrected chi connectivity index (χ4v) is 3.58. The molecule has 0 unspecified atom stereocenters. The molecule has 0 N–H and O–H groups in total. The van der Waals surface area contributed by atoms with Gasteiger partial charge in [-0.1, -0.05) is 67.2 Å². The number of para-hydroxylation sites is 2. The van der Waals surface area contributed by atoms with E-state index in [0.717, 1.165) is 36.0 Å². The van der Waals surface area contributed by atoms with Crippen molar-refractivity contribution in [1.82, 2.24) is 0 Å². The average Bonchev–Trinajstić information content (AvgIpc) is 2.86. The summed E-state index contributed by atoms with van der Waals surface area (Å²) in [5.74, 6) is 0.0859. The molecule has 0 aliphatic rings. The molecule has 4 aromatic carbocycles. The van der Waals surface area contributed by atoms with Crippen molar-refractivity contribution < 1.29 is 9.53 Å². The molecule has 0 aliphatic carbocycles. The zero-order valence-corrected chi connectivity index (χ0v) is 17.9. The number of carbonyl (C=O) groups is 1. The summed E-state index contributed by atoms with van der Waals surface area (Å²) in [6, 6.07) is 37.1. The third kappa shape index (κ3) is 5.32. The Balaban J connectivity index is 1.46. The Morgan fingerprint density at radius 3 is 1.56 bits per heavy atom. The predicted molar refractivity (Wildman–Crippen MR) is 131 cm³/mol. The lowest BCUT2D eigenvalue weighted by Crippen LogP contribution is -2.09. The second-order valence-electron chi connectivity index (χ2n) is 7.44. The Bertz CT molecular complexity index is 1110. The van der Waals surface area contributed by atoms with Gasteiger partial charge in [0.1, 0.15) is 5.75 Å². The van der Waals surface area contributed by atoms with Gasteiger partial charge in [-0.05, 0) is 72.5 Å². The molecule has 32 heavy (non-hydrogen) atoms. The van der Waals surface area contributed by atoms with Crippen LogP contribution in [0.1, 0.15) is 11.1 Å². The van der Waals surface area contributed by atoms with Crippen LogP contribution in [0.2, 0.25) is 0 Å². The van der Waals surface area contributed by atoms with Crippen LogP contribution in [0.4, 0.5) is 17.1 Å². The molecule has 0 saturated heterocycles. The zero-order chi connectivity index (χ0) is 22.2. The minimum atomic E-state index is -0.446. The first-order valence-corrected chi connectivity index (χ1v) is 10.7. The van der Waals surface area contributed by atoms with Crippen LogP contribution < -0.4 is 9.64 Å². The molecule has 0 aliphatic heterocycles. The van der Waals surface area contributed by atoms with Crippen molar-refractivity contribution in [2.45, 2.75) is 12.8 Å². The van der Waals surface area contributed by atoms with Crippen molar-refractivity contribution in [1.29, 1.82) is 0 Å². The number of benzene rings is 4. The normalized spacial score (nSPS) is 10.4. The third-order valence-corrected chi connectivity index (χ3v) is 5.23. The second-order valence-corrected chi connectivity index (χ2v) is 7.44. The summed E-state index contributed by atoms with van der Waals surface area (Å²) >= 11 is 0. The summed E-state index contributed by atoms with van der Waals surface area (Å²) in [5, 5.41) is 0. The van der Waals surface area contributed by atoms with Crippen molar-refractivity contribution in [3.05, 3.63) is 133 Å². The third-order valence-electron chi connectivity index (χ3n) is 5.23. The lowest BCUT2D eigenvalue weighted by atomic mass is 10.0. The van der Waals surface area contributed by atoms with E-state index in [1.165, 1.54) is 11.1 Å². The number of anilines is 3. The van der Waals surface area contributed by atoms with E-state index in [1.807, 2.05) is 36.4 Å². The van der Waals surface area contributed by atoms with Crippen LogP contribution in [0.5, 0.6) is 5.75 Å². The maximum atomic E-state index is 11.3. The van der Waals surface area contributed by atoms with Crippen molar-refractivity contribution in [2.24, 2.45) is 0 Å². The van der Waals surface area contributed by atoms with Gasteiger partial charge in [0, 0.05) is 23.1 Å². The first-order chi connectivity index (χ1) is 15.7. The van der Waals surface area contributed by atoms with Gasteiger partial charge < -0.3 is 9.64 Å². The summed E-state index contributed by atoms with van der Waals surface area (Å²) in [7, 11) is 0. The second kappa shape index (κ2) is 10.3. The quantitative estimate of drug-likeness (QED) is 0.174. The zero-order valence-electron chi connectivity index (χ0n) is 17.9. The average molecular weight is 420 g/mol. The van der Waals surface area contributed by atoms with Gasteiger partial charge in [0.2, 0.25) is 0 Å². The minimum absolute atomic E-state index is 0.446. The van der Waals surface area contributed by atoms with Gasteiger partial charge in [-0.3, -0.25) is 0 Å². The van der Waals surface area contributed by atoms with Crippen LogP contribution in [0.3, 0.4) is 0 Å². The van der Waals surface area contributed by atoms with Gasteiger partial charge >= 0.3 is 5.97 Å². The molecule has 3 nitrogen and oxygen atoms in total. The molecule has 0 aromatic heterocycles. The highest BCUT2D eigenvalue weighted by atomic mass is 16.5. The fourth-order valence-electron chi connectivity index (χ4n) is 3.58. The number of nitrogens with zero attached hydrogens (tertiary/aromatic N) is 1. The van der Waals surface area contributed by atoms with E-state index in [2.05, 4.69) is 84.3 Å². The number of esters is 1. The maximum absolute atomic E-state index is 11.3. The Hall–Kier alpha value is -4.11. The fraction of sp³-hybridized carbons (Fsp3) is 0.0690. The van der Waals surface area contributed by atoms with E-state index in [1.54, 1.807) is 0 Å². The van der Waals surface area contributed by atoms with E-state index >= 15 is 0 Å². The number of aryl methyl sites for hydroxylation is 2. The molecular formula is C29H25NO2. The number of rotatable bonds is 8. The first kappa shape index (κ1) is 21.1. The van der Waals surface area contributed by atoms with Gasteiger partial charge in [-0.15, -0.1) is 0 Å². The number of ether oxygens (including phenoxy) is 1. The predicted octanol–water partition coefficient (Wildman–Crippen LogP) is 7.03. The molecule has 0 amide bonds. The Labute approximate surface area is 189 Å². The largest absolute Gasteiger partial charge is 0.423 e. The lowest BCUT2D eigenvalue weighted by molar-refractivity contribution is -0.128. The number of hydrogen-bond donors (Lipinski definition) is 0. The lowest BCUT2D eigenvalue weighted by Gasteiger charge is -2.25. The highest BCUT2D eigenvalue weighted by Crippen LogP contribution is 2.34. The van der Waals surface area contributed by atoms with E-state index in [0.29, 0.717) is 5.75 Å². The summed E-state index contributed by atoms with van der Waals surface area (Å²) < 4.78 is 5.13. The highest BCUT2D eigenvalue weighted by Gasteiger charge is 2.11. The van der Waals surface area contributed by atoms with Crippen molar-refractivity contribution in [3.63, 3.8) is 0 Å². The highest BCUT2D eigenvalue weighted by molar-refractivity contribution is 5.83. The van der Waals surface area contributed by atoms with Gasteiger partial charge in [0.05, 0.1) is 0 Å². The van der Waals surface area contributed by atoms with Crippen LogP contribution >= 0.6 is 0 Å².